The van der Waals surface area contributed by atoms with Gasteiger partial charge in [-0.2, -0.15) is 0 Å². The second-order valence-corrected chi connectivity index (χ2v) is 3.18. The number of dihydropyridines is 1. The van der Waals surface area contributed by atoms with Gasteiger partial charge in [0.1, 0.15) is 0 Å². The molecular weight excluding hydrogens is 208 g/mol. The molecule has 11 heavy (non-hydrogen) atoms. The molecule has 0 fully saturated rings. The summed E-state index contributed by atoms with van der Waals surface area (Å²) in [5, 5.41) is 3.04. The highest BCUT2D eigenvalue weighted by molar-refractivity contribution is 9.11. The number of halogens is 1. The van der Waals surface area contributed by atoms with E-state index in [0.29, 0.717) is 18.2 Å². The molecule has 0 radical (unpaired) electrons. The number of ether oxygens (including phenoxy) is 1. The van der Waals surface area contributed by atoms with Crippen molar-refractivity contribution < 1.29 is 4.74 Å². The minimum atomic E-state index is 0.633. The van der Waals surface area contributed by atoms with Crippen molar-refractivity contribution >= 4 is 15.9 Å². The predicted octanol–water partition coefficient (Wildman–Crippen LogP) is 1.03. The molecule has 0 aliphatic carbocycles. The summed E-state index contributed by atoms with van der Waals surface area (Å²) in [7, 11) is 0. The van der Waals surface area contributed by atoms with Crippen molar-refractivity contribution in [2.75, 3.05) is 13.2 Å². The molecule has 62 valence electrons. The van der Waals surface area contributed by atoms with Crippen molar-refractivity contribution in [3.63, 3.8) is 0 Å². The summed E-state index contributed by atoms with van der Waals surface area (Å²) in [6.45, 7) is 3.31. The van der Waals surface area contributed by atoms with Gasteiger partial charge in [0.25, 0.3) is 0 Å². The first kappa shape index (κ1) is 8.46. The summed E-state index contributed by atoms with van der Waals surface area (Å²) in [4.78, 5) is 0. The van der Waals surface area contributed by atoms with E-state index in [0.717, 1.165) is 11.0 Å². The third-order valence-electron chi connectivity index (χ3n) is 1.28. The maximum Gasteiger partial charge on any atom is 0.210 e. The lowest BCUT2D eigenvalue weighted by atomic mass is 10.3. The van der Waals surface area contributed by atoms with Crippen LogP contribution in [0.4, 0.5) is 0 Å². The molecular formula is C7H11BrN2O. The fourth-order valence-electron chi connectivity index (χ4n) is 0.831. The van der Waals surface area contributed by atoms with Crippen molar-refractivity contribution in [1.82, 2.24) is 5.32 Å². The third kappa shape index (κ3) is 2.15. The van der Waals surface area contributed by atoms with E-state index in [1.165, 1.54) is 0 Å². The van der Waals surface area contributed by atoms with E-state index < -0.39 is 0 Å². The van der Waals surface area contributed by atoms with Gasteiger partial charge < -0.3 is 15.8 Å². The molecule has 0 atom stereocenters. The van der Waals surface area contributed by atoms with E-state index in [1.54, 1.807) is 0 Å². The molecule has 0 saturated carbocycles. The highest BCUT2D eigenvalue weighted by Gasteiger charge is 2.08. The maximum atomic E-state index is 5.64. The highest BCUT2D eigenvalue weighted by Crippen LogP contribution is 2.13. The van der Waals surface area contributed by atoms with Gasteiger partial charge in [0, 0.05) is 11.0 Å². The second-order valence-electron chi connectivity index (χ2n) is 2.16. The Kier molecular flexibility index (Phi) is 2.82. The average molecular weight is 219 g/mol. The maximum absolute atomic E-state index is 5.64. The largest absolute Gasteiger partial charge is 0.478 e. The zero-order valence-electron chi connectivity index (χ0n) is 6.36. The normalized spacial score (nSPS) is 17.5. The smallest absolute Gasteiger partial charge is 0.210 e. The fraction of sp³-hybridized carbons (Fsp3) is 0.429. The van der Waals surface area contributed by atoms with Gasteiger partial charge >= 0.3 is 0 Å². The number of nitrogens with one attached hydrogen (secondary N) is 1. The van der Waals surface area contributed by atoms with Crippen LogP contribution in [0, 0.1) is 0 Å². The van der Waals surface area contributed by atoms with Gasteiger partial charge in [-0.3, -0.25) is 0 Å². The summed E-state index contributed by atoms with van der Waals surface area (Å²) in [5.41, 5.74) is 6.28. The van der Waals surface area contributed by atoms with Crippen LogP contribution in [0.1, 0.15) is 6.92 Å². The van der Waals surface area contributed by atoms with Gasteiger partial charge in [-0.05, 0) is 13.0 Å². The lowest BCUT2D eigenvalue weighted by Gasteiger charge is -2.16. The van der Waals surface area contributed by atoms with Crippen molar-refractivity contribution in [3.8, 4) is 0 Å². The van der Waals surface area contributed by atoms with E-state index in [-0.39, 0.29) is 0 Å². The van der Waals surface area contributed by atoms with Gasteiger partial charge in [0.15, 0.2) is 0 Å². The lowest BCUT2D eigenvalue weighted by Crippen LogP contribution is -2.25. The van der Waals surface area contributed by atoms with Crippen molar-refractivity contribution in [2.24, 2.45) is 5.73 Å². The van der Waals surface area contributed by atoms with E-state index in [4.69, 9.17) is 10.5 Å². The fourth-order valence-corrected chi connectivity index (χ4v) is 1.22. The van der Waals surface area contributed by atoms with Crippen LogP contribution < -0.4 is 11.1 Å². The predicted molar refractivity (Wildman–Crippen MR) is 47.9 cm³/mol. The SMILES string of the molecule is CCOC1=C(N)C=C(Br)CN1. The Morgan fingerprint density at radius 3 is 3.09 bits per heavy atom. The van der Waals surface area contributed by atoms with Crippen LogP contribution in [-0.2, 0) is 4.74 Å². The minimum Gasteiger partial charge on any atom is -0.478 e. The molecule has 1 aliphatic rings. The van der Waals surface area contributed by atoms with Crippen LogP contribution in [-0.4, -0.2) is 13.2 Å². The topological polar surface area (TPSA) is 47.3 Å². The molecule has 0 saturated heterocycles. The molecule has 1 rings (SSSR count). The minimum absolute atomic E-state index is 0.633. The molecule has 0 aromatic carbocycles. The summed E-state index contributed by atoms with van der Waals surface area (Å²) < 4.78 is 6.26. The lowest BCUT2D eigenvalue weighted by molar-refractivity contribution is 0.203. The standard InChI is InChI=1S/C7H11BrN2O/c1-2-11-7-6(9)3-5(8)4-10-7/h3,10H,2,4,9H2,1H3. The monoisotopic (exact) mass is 218 g/mol. The molecule has 0 amide bonds. The zero-order valence-corrected chi connectivity index (χ0v) is 7.94. The van der Waals surface area contributed by atoms with Crippen LogP contribution in [0.5, 0.6) is 0 Å². The van der Waals surface area contributed by atoms with Crippen molar-refractivity contribution in [1.29, 1.82) is 0 Å². The van der Waals surface area contributed by atoms with E-state index >= 15 is 0 Å². The first-order valence-corrected chi connectivity index (χ1v) is 4.26. The summed E-state index contributed by atoms with van der Waals surface area (Å²) in [6.07, 6.45) is 1.85. The molecule has 1 aliphatic heterocycles. The summed E-state index contributed by atoms with van der Waals surface area (Å²) in [5.74, 6) is 0.677. The average Bonchev–Trinajstić information content (AvgIpc) is 1.95. The number of allylic oxidation sites excluding steroid dienone is 1. The van der Waals surface area contributed by atoms with Gasteiger partial charge in [0.2, 0.25) is 5.88 Å². The Balaban J connectivity index is 2.69. The molecule has 0 unspecified atom stereocenters. The van der Waals surface area contributed by atoms with Gasteiger partial charge in [-0.1, -0.05) is 15.9 Å². The Labute approximate surface area is 74.4 Å². The van der Waals surface area contributed by atoms with E-state index in [2.05, 4.69) is 21.2 Å². The van der Waals surface area contributed by atoms with Crippen LogP contribution in [0.3, 0.4) is 0 Å². The first-order valence-electron chi connectivity index (χ1n) is 3.46. The van der Waals surface area contributed by atoms with Gasteiger partial charge in [0.05, 0.1) is 12.3 Å². The second kappa shape index (κ2) is 3.67. The Morgan fingerprint density at radius 1 is 1.82 bits per heavy atom. The molecule has 3 N–H and O–H groups in total. The molecule has 0 bridgehead atoms. The number of rotatable bonds is 2. The number of hydrogen-bond acceptors (Lipinski definition) is 3. The molecule has 3 nitrogen and oxygen atoms in total. The Morgan fingerprint density at radius 2 is 2.55 bits per heavy atom. The first-order chi connectivity index (χ1) is 5.24. The summed E-state index contributed by atoms with van der Waals surface area (Å²) >= 11 is 3.34. The third-order valence-corrected chi connectivity index (χ3v) is 1.79. The Bertz CT molecular complexity index is 206. The van der Waals surface area contributed by atoms with Crippen molar-refractivity contribution in [2.45, 2.75) is 6.92 Å². The molecule has 4 heteroatoms. The zero-order chi connectivity index (χ0) is 8.27. The van der Waals surface area contributed by atoms with Crippen molar-refractivity contribution in [3.05, 3.63) is 22.1 Å². The quantitative estimate of drug-likeness (QED) is 0.729. The van der Waals surface area contributed by atoms with Crippen LogP contribution in [0.15, 0.2) is 22.1 Å². The highest BCUT2D eigenvalue weighted by atomic mass is 79.9. The summed E-state index contributed by atoms with van der Waals surface area (Å²) in [6, 6.07) is 0. The molecule has 0 spiro atoms. The van der Waals surface area contributed by atoms with Crippen LogP contribution in [0.2, 0.25) is 0 Å². The van der Waals surface area contributed by atoms with Crippen LogP contribution in [0.25, 0.3) is 0 Å². The Hall–Kier alpha value is -0.640. The van der Waals surface area contributed by atoms with E-state index in [9.17, 15) is 0 Å². The van der Waals surface area contributed by atoms with Gasteiger partial charge in [-0.15, -0.1) is 0 Å². The van der Waals surface area contributed by atoms with Crippen LogP contribution >= 0.6 is 15.9 Å². The molecule has 0 aromatic rings. The molecule has 0 aromatic heterocycles. The van der Waals surface area contributed by atoms with E-state index in [1.807, 2.05) is 13.0 Å². The number of nitrogens with two attached hydrogens (primary N) is 1. The van der Waals surface area contributed by atoms with Gasteiger partial charge in [-0.25, -0.2) is 0 Å². The number of hydrogen-bond donors (Lipinski definition) is 2. The molecule has 1 heterocycles.